The zero-order valence-electron chi connectivity index (χ0n) is 8.60. The van der Waals surface area contributed by atoms with Crippen molar-refractivity contribution in [3.05, 3.63) is 16.6 Å². The fraction of sp³-hybridized carbons (Fsp3) is 0.500. The number of hydrogen-bond donors (Lipinski definition) is 2. The van der Waals surface area contributed by atoms with Gasteiger partial charge in [0.1, 0.15) is 11.0 Å². The molecular formula is C10H11N5O. The van der Waals surface area contributed by atoms with E-state index >= 15 is 0 Å². The largest absolute Gasteiger partial charge is 0.351 e. The summed E-state index contributed by atoms with van der Waals surface area (Å²) in [6, 6.07) is 0.854. The summed E-state index contributed by atoms with van der Waals surface area (Å²) >= 11 is 0. The standard InChI is InChI=1S/C10H11N5O/c16-9-5-4-11-14-8(5)15-7-3-1-2-6(7)12-10(15)13-9/h4,6-7H,1-3H2,(H,11,14)(H,12,13,16). The quantitative estimate of drug-likeness (QED) is 0.679. The zero-order chi connectivity index (χ0) is 10.7. The Labute approximate surface area is 90.7 Å². The van der Waals surface area contributed by atoms with Crippen LogP contribution in [0.2, 0.25) is 0 Å². The first-order chi connectivity index (χ1) is 7.84. The van der Waals surface area contributed by atoms with Crippen LogP contribution in [0.1, 0.15) is 25.3 Å². The minimum Gasteiger partial charge on any atom is -0.351 e. The highest BCUT2D eigenvalue weighted by molar-refractivity contribution is 5.75. The van der Waals surface area contributed by atoms with Gasteiger partial charge in [-0.15, -0.1) is 0 Å². The predicted octanol–water partition coefficient (Wildman–Crippen LogP) is 0.639. The second kappa shape index (κ2) is 2.63. The Balaban J connectivity index is 2.10. The molecule has 82 valence electrons. The van der Waals surface area contributed by atoms with Crippen LogP contribution in [0.25, 0.3) is 11.0 Å². The molecular weight excluding hydrogens is 206 g/mol. The van der Waals surface area contributed by atoms with Crippen LogP contribution in [0.3, 0.4) is 0 Å². The van der Waals surface area contributed by atoms with E-state index in [0.717, 1.165) is 18.5 Å². The molecule has 0 bridgehead atoms. The van der Waals surface area contributed by atoms with Crippen molar-refractivity contribution in [3.63, 3.8) is 0 Å². The maximum absolute atomic E-state index is 11.7. The fourth-order valence-electron chi connectivity index (χ4n) is 2.94. The second-order valence-electron chi connectivity index (χ2n) is 4.49. The maximum atomic E-state index is 11.7. The third-order valence-electron chi connectivity index (χ3n) is 3.65. The van der Waals surface area contributed by atoms with Crippen LogP contribution < -0.4 is 10.9 Å². The lowest BCUT2D eigenvalue weighted by molar-refractivity contribution is 0.542. The lowest BCUT2D eigenvalue weighted by Gasteiger charge is -2.11. The summed E-state index contributed by atoms with van der Waals surface area (Å²) in [5.41, 5.74) is 0.597. The minimum atomic E-state index is -0.206. The van der Waals surface area contributed by atoms with Crippen molar-refractivity contribution in [2.24, 2.45) is 0 Å². The Morgan fingerprint density at radius 1 is 1.44 bits per heavy atom. The first-order valence-electron chi connectivity index (χ1n) is 5.57. The third kappa shape index (κ3) is 0.850. The smallest absolute Gasteiger partial charge is 0.285 e. The van der Waals surface area contributed by atoms with Crippen molar-refractivity contribution in [1.29, 1.82) is 0 Å². The Morgan fingerprint density at radius 2 is 2.38 bits per heavy atom. The second-order valence-corrected chi connectivity index (χ2v) is 4.49. The van der Waals surface area contributed by atoms with E-state index in [1.165, 1.54) is 6.42 Å². The lowest BCUT2D eigenvalue weighted by Crippen LogP contribution is -2.15. The van der Waals surface area contributed by atoms with Crippen molar-refractivity contribution >= 4 is 17.0 Å². The molecule has 2 atom stereocenters. The molecule has 1 aliphatic heterocycles. The van der Waals surface area contributed by atoms with Gasteiger partial charge in [0.15, 0.2) is 0 Å². The van der Waals surface area contributed by atoms with E-state index in [1.807, 2.05) is 0 Å². The van der Waals surface area contributed by atoms with Gasteiger partial charge in [-0.1, -0.05) is 0 Å². The average Bonchev–Trinajstić information content (AvgIpc) is 2.87. The highest BCUT2D eigenvalue weighted by Gasteiger charge is 2.37. The number of hydrogen-bond acceptors (Lipinski definition) is 4. The molecule has 6 heteroatoms. The fourth-order valence-corrected chi connectivity index (χ4v) is 2.94. The number of nitrogens with zero attached hydrogens (tertiary/aromatic N) is 3. The highest BCUT2D eigenvalue weighted by atomic mass is 16.1. The van der Waals surface area contributed by atoms with Crippen LogP contribution in [-0.2, 0) is 0 Å². The average molecular weight is 217 g/mol. The molecule has 0 aromatic carbocycles. The highest BCUT2D eigenvalue weighted by Crippen LogP contribution is 2.39. The molecule has 3 heterocycles. The molecule has 4 rings (SSSR count). The van der Waals surface area contributed by atoms with E-state index in [2.05, 4.69) is 25.1 Å². The molecule has 0 amide bonds. The molecule has 2 aromatic rings. The van der Waals surface area contributed by atoms with E-state index in [0.29, 0.717) is 23.4 Å². The van der Waals surface area contributed by atoms with E-state index in [1.54, 1.807) is 6.20 Å². The third-order valence-corrected chi connectivity index (χ3v) is 3.65. The number of fused-ring (bicyclic) bond motifs is 5. The number of aromatic nitrogens is 4. The van der Waals surface area contributed by atoms with E-state index < -0.39 is 0 Å². The van der Waals surface area contributed by atoms with Crippen molar-refractivity contribution in [2.75, 3.05) is 5.32 Å². The van der Waals surface area contributed by atoms with Crippen molar-refractivity contribution in [2.45, 2.75) is 31.3 Å². The van der Waals surface area contributed by atoms with Gasteiger partial charge >= 0.3 is 0 Å². The summed E-state index contributed by atoms with van der Waals surface area (Å²) in [5.74, 6) is 0.691. The maximum Gasteiger partial charge on any atom is 0.285 e. The van der Waals surface area contributed by atoms with E-state index in [9.17, 15) is 4.79 Å². The van der Waals surface area contributed by atoms with Gasteiger partial charge < -0.3 is 5.32 Å². The number of anilines is 1. The molecule has 0 radical (unpaired) electrons. The molecule has 2 N–H and O–H groups in total. The van der Waals surface area contributed by atoms with Crippen LogP contribution in [0.15, 0.2) is 11.0 Å². The Kier molecular flexibility index (Phi) is 1.37. The molecule has 6 nitrogen and oxygen atoms in total. The molecule has 0 spiro atoms. The predicted molar refractivity (Wildman–Crippen MR) is 58.4 cm³/mol. The van der Waals surface area contributed by atoms with Gasteiger partial charge in [0.05, 0.1) is 12.2 Å². The van der Waals surface area contributed by atoms with Gasteiger partial charge in [-0.3, -0.25) is 14.5 Å². The lowest BCUT2D eigenvalue weighted by atomic mass is 10.2. The summed E-state index contributed by atoms with van der Waals surface area (Å²) < 4.78 is 2.10. The Bertz CT molecular complexity index is 628. The summed E-state index contributed by atoms with van der Waals surface area (Å²) in [4.78, 5) is 15.8. The van der Waals surface area contributed by atoms with Gasteiger partial charge in [-0.2, -0.15) is 10.1 Å². The molecule has 1 fully saturated rings. The molecule has 1 saturated carbocycles. The molecule has 2 unspecified atom stereocenters. The van der Waals surface area contributed by atoms with E-state index in [4.69, 9.17) is 0 Å². The normalized spacial score (nSPS) is 26.8. The number of H-pyrrole nitrogens is 1. The number of rotatable bonds is 0. The Morgan fingerprint density at radius 3 is 3.31 bits per heavy atom. The monoisotopic (exact) mass is 217 g/mol. The van der Waals surface area contributed by atoms with E-state index in [-0.39, 0.29) is 5.56 Å². The van der Waals surface area contributed by atoms with Gasteiger partial charge in [0.25, 0.3) is 5.56 Å². The number of nitrogens with one attached hydrogen (secondary N) is 2. The van der Waals surface area contributed by atoms with Crippen molar-refractivity contribution in [3.8, 4) is 0 Å². The van der Waals surface area contributed by atoms with Crippen molar-refractivity contribution in [1.82, 2.24) is 19.7 Å². The molecule has 1 aliphatic carbocycles. The SMILES string of the molecule is O=c1nc2n(c3[nH]ncc13)C1CCCC1N2. The summed E-state index contributed by atoms with van der Waals surface area (Å²) in [7, 11) is 0. The number of aromatic amines is 1. The van der Waals surface area contributed by atoms with Crippen LogP contribution in [0.5, 0.6) is 0 Å². The molecule has 0 saturated heterocycles. The van der Waals surface area contributed by atoms with Gasteiger partial charge in [0, 0.05) is 6.04 Å². The van der Waals surface area contributed by atoms with Gasteiger partial charge in [-0.25, -0.2) is 0 Å². The Hall–Kier alpha value is -1.85. The topological polar surface area (TPSA) is 75.6 Å². The summed E-state index contributed by atoms with van der Waals surface area (Å²) in [6.07, 6.45) is 5.07. The van der Waals surface area contributed by atoms with Crippen LogP contribution in [0.4, 0.5) is 5.95 Å². The van der Waals surface area contributed by atoms with Gasteiger partial charge in [0.2, 0.25) is 5.95 Å². The molecule has 16 heavy (non-hydrogen) atoms. The first kappa shape index (κ1) is 8.32. The zero-order valence-corrected chi connectivity index (χ0v) is 8.60. The summed E-state index contributed by atoms with van der Waals surface area (Å²) in [5, 5.41) is 10.8. The molecule has 2 aromatic heterocycles. The van der Waals surface area contributed by atoms with Crippen molar-refractivity contribution < 1.29 is 0 Å². The summed E-state index contributed by atoms with van der Waals surface area (Å²) in [6.45, 7) is 0. The van der Waals surface area contributed by atoms with Crippen LogP contribution in [-0.4, -0.2) is 25.8 Å². The molecule has 2 aliphatic rings. The van der Waals surface area contributed by atoms with Crippen LogP contribution in [0, 0.1) is 0 Å². The van der Waals surface area contributed by atoms with Crippen LogP contribution >= 0.6 is 0 Å². The minimum absolute atomic E-state index is 0.206. The first-order valence-corrected chi connectivity index (χ1v) is 5.57. The van der Waals surface area contributed by atoms with Gasteiger partial charge in [-0.05, 0) is 19.3 Å².